The molecule has 0 radical (unpaired) electrons. The Morgan fingerprint density at radius 2 is 2.00 bits per heavy atom. The van der Waals surface area contributed by atoms with Crippen molar-refractivity contribution in [3.8, 4) is 17.2 Å². The quantitative estimate of drug-likeness (QED) is 0.487. The van der Waals surface area contributed by atoms with Gasteiger partial charge in [-0.3, -0.25) is 0 Å². The fourth-order valence-electron chi connectivity index (χ4n) is 3.89. The van der Waals surface area contributed by atoms with E-state index in [9.17, 15) is 0 Å². The predicted molar refractivity (Wildman–Crippen MR) is 122 cm³/mol. The van der Waals surface area contributed by atoms with Gasteiger partial charge in [0.1, 0.15) is 5.75 Å². The van der Waals surface area contributed by atoms with Gasteiger partial charge in [0, 0.05) is 15.6 Å². The molecule has 0 fully saturated rings. The monoisotopic (exact) mass is 484 g/mol. The molecule has 0 saturated carbocycles. The molecule has 2 atom stereocenters. The van der Waals surface area contributed by atoms with E-state index in [2.05, 4.69) is 56.0 Å². The third-order valence-electron chi connectivity index (χ3n) is 5.24. The second-order valence-electron chi connectivity index (χ2n) is 6.99. The molecule has 0 saturated heterocycles. The number of nitrogens with one attached hydrogen (secondary N) is 1. The predicted octanol–water partition coefficient (Wildman–Crippen LogP) is 5.91. The molecule has 5 rings (SSSR count). The summed E-state index contributed by atoms with van der Waals surface area (Å²) >= 11 is 5.43. The molecular formula is C23H21BrN2O3S. The first kappa shape index (κ1) is 19.5. The molecule has 0 amide bonds. The maximum Gasteiger partial charge on any atom is 0.197 e. The zero-order chi connectivity index (χ0) is 20.7. The van der Waals surface area contributed by atoms with E-state index in [0.717, 1.165) is 27.0 Å². The zero-order valence-electron chi connectivity index (χ0n) is 16.6. The van der Waals surface area contributed by atoms with Gasteiger partial charge >= 0.3 is 0 Å². The summed E-state index contributed by atoms with van der Waals surface area (Å²) in [6, 6.07) is 16.4. The molecule has 3 aromatic rings. The smallest absolute Gasteiger partial charge is 0.197 e. The molecule has 154 valence electrons. The van der Waals surface area contributed by atoms with Crippen molar-refractivity contribution in [2.75, 3.05) is 13.7 Å². The maximum absolute atomic E-state index is 6.49. The van der Waals surface area contributed by atoms with Crippen LogP contribution >= 0.6 is 27.3 Å². The van der Waals surface area contributed by atoms with Crippen molar-refractivity contribution in [3.05, 3.63) is 80.5 Å². The zero-order valence-corrected chi connectivity index (χ0v) is 19.0. The van der Waals surface area contributed by atoms with Crippen molar-refractivity contribution in [1.29, 1.82) is 0 Å². The molecule has 2 aliphatic rings. The van der Waals surface area contributed by atoms with E-state index in [1.165, 1.54) is 4.88 Å². The van der Waals surface area contributed by atoms with Crippen LogP contribution in [0.1, 0.15) is 35.2 Å². The van der Waals surface area contributed by atoms with Crippen LogP contribution in [0.15, 0.2) is 64.5 Å². The number of para-hydroxylation sites is 1. The molecule has 2 unspecified atom stereocenters. The van der Waals surface area contributed by atoms with Crippen LogP contribution in [0.2, 0.25) is 0 Å². The summed E-state index contributed by atoms with van der Waals surface area (Å²) in [5.74, 6) is 2.27. The molecule has 7 heteroatoms. The standard InChI is InChI=1S/C23H21BrN2O3S/c1-3-28-21-11-15(16(24)12-20(21)27-2)23-26-18(14-7-4-5-8-19(14)29-23)13-17(25-26)22-9-6-10-30-22/h4-13,18,23,25H,3H2,1-2H3. The Morgan fingerprint density at radius 3 is 2.77 bits per heavy atom. The van der Waals surface area contributed by atoms with Gasteiger partial charge in [-0.2, -0.15) is 5.01 Å². The Balaban J connectivity index is 1.60. The largest absolute Gasteiger partial charge is 0.493 e. The van der Waals surface area contributed by atoms with Gasteiger partial charge in [-0.15, -0.1) is 11.3 Å². The maximum atomic E-state index is 6.49. The van der Waals surface area contributed by atoms with Crippen molar-refractivity contribution in [2.24, 2.45) is 0 Å². The minimum Gasteiger partial charge on any atom is -0.493 e. The van der Waals surface area contributed by atoms with Crippen LogP contribution in [0.5, 0.6) is 17.2 Å². The Kier molecular flexibility index (Phi) is 5.18. The van der Waals surface area contributed by atoms with Crippen molar-refractivity contribution >= 4 is 33.0 Å². The van der Waals surface area contributed by atoms with E-state index >= 15 is 0 Å². The number of hydrogen-bond donors (Lipinski definition) is 1. The molecule has 0 bridgehead atoms. The van der Waals surface area contributed by atoms with E-state index in [4.69, 9.17) is 14.2 Å². The first-order chi connectivity index (χ1) is 14.7. The highest BCUT2D eigenvalue weighted by Crippen LogP contribution is 2.48. The third-order valence-corrected chi connectivity index (χ3v) is 6.83. The second kappa shape index (κ2) is 7.98. The van der Waals surface area contributed by atoms with Crippen molar-refractivity contribution < 1.29 is 14.2 Å². The molecular weight excluding hydrogens is 464 g/mol. The molecule has 1 N–H and O–H groups in total. The van der Waals surface area contributed by atoms with E-state index in [1.54, 1.807) is 18.4 Å². The fraction of sp³-hybridized carbons (Fsp3) is 0.217. The number of rotatable bonds is 5. The molecule has 3 heterocycles. The van der Waals surface area contributed by atoms with Crippen LogP contribution in [0.4, 0.5) is 0 Å². The Labute approximate surface area is 188 Å². The number of halogens is 1. The first-order valence-electron chi connectivity index (χ1n) is 9.76. The minimum absolute atomic E-state index is 0.0570. The summed E-state index contributed by atoms with van der Waals surface area (Å²) in [5.41, 5.74) is 6.78. The molecule has 1 aromatic heterocycles. The molecule has 30 heavy (non-hydrogen) atoms. The summed E-state index contributed by atoms with van der Waals surface area (Å²) in [5, 5.41) is 4.24. The van der Waals surface area contributed by atoms with Gasteiger partial charge in [-0.05, 0) is 42.6 Å². The van der Waals surface area contributed by atoms with Crippen LogP contribution < -0.4 is 19.6 Å². The lowest BCUT2D eigenvalue weighted by Gasteiger charge is -2.39. The number of benzene rings is 2. The lowest BCUT2D eigenvalue weighted by atomic mass is 10.0. The van der Waals surface area contributed by atoms with E-state index in [-0.39, 0.29) is 12.3 Å². The summed E-state index contributed by atoms with van der Waals surface area (Å²) in [6.07, 6.45) is 1.92. The molecule has 2 aromatic carbocycles. The number of fused-ring (bicyclic) bond motifs is 3. The van der Waals surface area contributed by atoms with Crippen molar-refractivity contribution in [1.82, 2.24) is 10.4 Å². The third kappa shape index (κ3) is 3.27. The highest BCUT2D eigenvalue weighted by Gasteiger charge is 2.41. The number of ether oxygens (including phenoxy) is 3. The van der Waals surface area contributed by atoms with Gasteiger partial charge in [0.25, 0.3) is 0 Å². The number of hydrazine groups is 1. The highest BCUT2D eigenvalue weighted by molar-refractivity contribution is 9.10. The van der Waals surface area contributed by atoms with Crippen LogP contribution in [-0.4, -0.2) is 18.7 Å². The Hall–Kier alpha value is -2.48. The molecule has 2 aliphatic heterocycles. The lowest BCUT2D eigenvalue weighted by Crippen LogP contribution is -2.43. The van der Waals surface area contributed by atoms with Crippen molar-refractivity contribution in [2.45, 2.75) is 19.2 Å². The number of hydrogen-bond acceptors (Lipinski definition) is 6. The van der Waals surface area contributed by atoms with Crippen LogP contribution in [-0.2, 0) is 0 Å². The average molecular weight is 485 g/mol. The van der Waals surface area contributed by atoms with Gasteiger partial charge in [0.15, 0.2) is 17.7 Å². The summed E-state index contributed by atoms with van der Waals surface area (Å²) < 4.78 is 18.7. The molecule has 0 spiro atoms. The van der Waals surface area contributed by atoms with E-state index in [1.807, 2.05) is 37.3 Å². The first-order valence-corrected chi connectivity index (χ1v) is 11.4. The van der Waals surface area contributed by atoms with Gasteiger partial charge in [-0.25, -0.2) is 0 Å². The number of thiophene rings is 1. The van der Waals surface area contributed by atoms with Crippen LogP contribution in [0.25, 0.3) is 5.70 Å². The van der Waals surface area contributed by atoms with Crippen molar-refractivity contribution in [3.63, 3.8) is 0 Å². The summed E-state index contributed by atoms with van der Waals surface area (Å²) in [6.45, 7) is 2.52. The Morgan fingerprint density at radius 1 is 1.13 bits per heavy atom. The van der Waals surface area contributed by atoms with E-state index < -0.39 is 0 Å². The number of nitrogens with zero attached hydrogens (tertiary/aromatic N) is 1. The SMILES string of the molecule is CCOc1cc(C2Oc3ccccc3C3C=C(c4cccs4)NN32)c(Br)cc1OC. The highest BCUT2D eigenvalue weighted by atomic mass is 79.9. The fourth-order valence-corrected chi connectivity index (χ4v) is 5.11. The Bertz CT molecular complexity index is 1100. The molecule has 0 aliphatic carbocycles. The number of methoxy groups -OCH3 is 1. The van der Waals surface area contributed by atoms with Gasteiger partial charge in [0.2, 0.25) is 0 Å². The van der Waals surface area contributed by atoms with Crippen LogP contribution in [0, 0.1) is 0 Å². The topological polar surface area (TPSA) is 43.0 Å². The van der Waals surface area contributed by atoms with E-state index in [0.29, 0.717) is 18.1 Å². The van der Waals surface area contributed by atoms with Crippen LogP contribution in [0.3, 0.4) is 0 Å². The average Bonchev–Trinajstić information content (AvgIpc) is 3.44. The minimum atomic E-state index is -0.349. The van der Waals surface area contributed by atoms with Gasteiger partial charge in [-0.1, -0.05) is 40.2 Å². The van der Waals surface area contributed by atoms with Gasteiger partial charge in [0.05, 0.1) is 30.3 Å². The lowest BCUT2D eigenvalue weighted by molar-refractivity contribution is -0.0332. The summed E-state index contributed by atoms with van der Waals surface area (Å²) in [7, 11) is 1.65. The molecule has 5 nitrogen and oxygen atoms in total. The van der Waals surface area contributed by atoms with Gasteiger partial charge < -0.3 is 19.6 Å². The normalized spacial score (nSPS) is 19.9. The second-order valence-corrected chi connectivity index (χ2v) is 8.79. The summed E-state index contributed by atoms with van der Waals surface area (Å²) in [4.78, 5) is 1.20.